The van der Waals surface area contributed by atoms with Crippen LogP contribution in [0.25, 0.3) is 0 Å². The number of nitrogens with one attached hydrogen (secondary N) is 1. The Labute approximate surface area is 195 Å². The fraction of sp³-hybridized carbons (Fsp3) is 0.560. The van der Waals surface area contributed by atoms with Crippen molar-refractivity contribution in [2.24, 2.45) is 4.99 Å². The van der Waals surface area contributed by atoms with Gasteiger partial charge in [0.15, 0.2) is 5.89 Å². The Morgan fingerprint density at radius 3 is 2.79 bits per heavy atom. The molecule has 0 radical (unpaired) electrons. The van der Waals surface area contributed by atoms with Crippen molar-refractivity contribution in [3.8, 4) is 0 Å². The maximum absolute atomic E-state index is 13.8. The minimum atomic E-state index is -1.02. The molecular weight excluding hydrogens is 418 g/mol. The molecule has 2 aliphatic rings. The standard InChI is InChI=1S/C25H35N5O3/c1-6-21-26-15-27-30(21)20-11-9-8-10-19(20)24(31)29-14-18(13-12-16(29)3)23-28-22(17(4)33-23)25(5,32)7-2/h8-11,15-16,18,21,32H,6-7,12-14H2,1-5H3,(H,26,27). The highest BCUT2D eigenvalue weighted by Gasteiger charge is 2.36. The van der Waals surface area contributed by atoms with Gasteiger partial charge in [0, 0.05) is 12.6 Å². The summed E-state index contributed by atoms with van der Waals surface area (Å²) in [7, 11) is 0. The number of hydrogen-bond acceptors (Lipinski definition) is 7. The number of carbonyl (C=O) groups is 1. The Morgan fingerprint density at radius 1 is 1.30 bits per heavy atom. The summed E-state index contributed by atoms with van der Waals surface area (Å²) >= 11 is 0. The molecular formula is C25H35N5O3. The van der Waals surface area contributed by atoms with Gasteiger partial charge in [0.25, 0.3) is 5.91 Å². The number of para-hydroxylation sites is 1. The van der Waals surface area contributed by atoms with Crippen molar-refractivity contribution < 1.29 is 14.3 Å². The summed E-state index contributed by atoms with van der Waals surface area (Å²) in [5, 5.41) is 12.6. The third-order valence-corrected chi connectivity index (χ3v) is 7.00. The van der Waals surface area contributed by atoms with Crippen LogP contribution in [-0.4, -0.2) is 46.0 Å². The van der Waals surface area contributed by atoms with Gasteiger partial charge in [0.05, 0.1) is 17.2 Å². The van der Waals surface area contributed by atoms with E-state index in [0.29, 0.717) is 35.9 Å². The van der Waals surface area contributed by atoms with Gasteiger partial charge < -0.3 is 14.4 Å². The Bertz CT molecular complexity index is 1030. The summed E-state index contributed by atoms with van der Waals surface area (Å²) in [6.07, 6.45) is 4.78. The van der Waals surface area contributed by atoms with E-state index in [0.717, 1.165) is 24.9 Å². The van der Waals surface area contributed by atoms with Crippen molar-refractivity contribution in [3.05, 3.63) is 47.2 Å². The molecule has 1 aromatic carbocycles. The number of nitrogens with zero attached hydrogens (tertiary/aromatic N) is 4. The van der Waals surface area contributed by atoms with Gasteiger partial charge in [-0.3, -0.25) is 15.2 Å². The normalized spacial score (nSPS) is 24.6. The summed E-state index contributed by atoms with van der Waals surface area (Å²) < 4.78 is 6.00. The lowest BCUT2D eigenvalue weighted by Gasteiger charge is -2.38. The summed E-state index contributed by atoms with van der Waals surface area (Å²) in [5.74, 6) is 1.24. The zero-order chi connectivity index (χ0) is 23.8. The Balaban J connectivity index is 1.59. The number of hydrazine groups is 1. The van der Waals surface area contributed by atoms with Crippen LogP contribution < -0.4 is 10.4 Å². The van der Waals surface area contributed by atoms with Crippen molar-refractivity contribution in [3.63, 3.8) is 0 Å². The second-order valence-electron chi connectivity index (χ2n) is 9.35. The van der Waals surface area contributed by atoms with Crippen molar-refractivity contribution in [2.75, 3.05) is 11.6 Å². The molecule has 2 aliphatic heterocycles. The summed E-state index contributed by atoms with van der Waals surface area (Å²) in [6.45, 7) is 10.2. The molecule has 8 heteroatoms. The lowest BCUT2D eigenvalue weighted by Crippen LogP contribution is -2.46. The number of amides is 1. The van der Waals surface area contributed by atoms with Crippen LogP contribution in [0.2, 0.25) is 0 Å². The fourth-order valence-corrected chi connectivity index (χ4v) is 4.72. The van der Waals surface area contributed by atoms with E-state index in [2.05, 4.69) is 29.2 Å². The number of aryl methyl sites for hydroxylation is 1. The number of aromatic nitrogens is 1. The second kappa shape index (κ2) is 9.17. The highest BCUT2D eigenvalue weighted by Crippen LogP contribution is 2.35. The van der Waals surface area contributed by atoms with Crippen LogP contribution in [0, 0.1) is 6.92 Å². The Morgan fingerprint density at radius 2 is 2.06 bits per heavy atom. The largest absolute Gasteiger partial charge is 0.445 e. The third kappa shape index (κ3) is 4.36. The minimum absolute atomic E-state index is 0.00425. The number of oxazole rings is 1. The molecule has 8 nitrogen and oxygen atoms in total. The molecule has 1 amide bonds. The number of benzene rings is 1. The number of rotatable bonds is 6. The topological polar surface area (TPSA) is 94.2 Å². The van der Waals surface area contributed by atoms with E-state index in [4.69, 9.17) is 4.42 Å². The molecule has 1 fully saturated rings. The molecule has 1 saturated heterocycles. The number of hydrogen-bond donors (Lipinski definition) is 2. The highest BCUT2D eigenvalue weighted by atomic mass is 16.4. The SMILES string of the molecule is CCC1N=CNN1c1ccccc1C(=O)N1CC(c2nc(C(C)(O)CC)c(C)o2)CCC1C. The molecule has 178 valence electrons. The first-order valence-electron chi connectivity index (χ1n) is 11.9. The van der Waals surface area contributed by atoms with Gasteiger partial charge in [-0.25, -0.2) is 9.98 Å². The number of piperidine rings is 1. The number of anilines is 1. The first-order valence-corrected chi connectivity index (χ1v) is 11.9. The predicted molar refractivity (Wildman–Crippen MR) is 128 cm³/mol. The monoisotopic (exact) mass is 453 g/mol. The minimum Gasteiger partial charge on any atom is -0.445 e. The second-order valence-corrected chi connectivity index (χ2v) is 9.35. The number of likely N-dealkylation sites (tertiary alicyclic amines) is 1. The molecule has 4 rings (SSSR count). The van der Waals surface area contributed by atoms with Gasteiger partial charge in [0.1, 0.15) is 29.6 Å². The highest BCUT2D eigenvalue weighted by molar-refractivity contribution is 6.00. The van der Waals surface area contributed by atoms with Crippen LogP contribution in [-0.2, 0) is 5.60 Å². The van der Waals surface area contributed by atoms with Crippen LogP contribution in [0.15, 0.2) is 33.7 Å². The lowest BCUT2D eigenvalue weighted by molar-refractivity contribution is 0.0473. The Hall–Kier alpha value is -2.87. The smallest absolute Gasteiger partial charge is 0.256 e. The van der Waals surface area contributed by atoms with Crippen LogP contribution in [0.4, 0.5) is 5.69 Å². The molecule has 2 aromatic rings. The molecule has 4 unspecified atom stereocenters. The summed E-state index contributed by atoms with van der Waals surface area (Å²) in [5.41, 5.74) is 4.21. The lowest BCUT2D eigenvalue weighted by atomic mass is 9.92. The van der Waals surface area contributed by atoms with E-state index in [1.807, 2.05) is 48.0 Å². The van der Waals surface area contributed by atoms with Gasteiger partial charge in [-0.15, -0.1) is 0 Å². The zero-order valence-electron chi connectivity index (χ0n) is 20.2. The van der Waals surface area contributed by atoms with Gasteiger partial charge in [-0.05, 0) is 58.6 Å². The average molecular weight is 454 g/mol. The fourth-order valence-electron chi connectivity index (χ4n) is 4.72. The number of carbonyl (C=O) groups excluding carboxylic acids is 1. The molecule has 4 atom stereocenters. The van der Waals surface area contributed by atoms with E-state index in [1.165, 1.54) is 0 Å². The van der Waals surface area contributed by atoms with Gasteiger partial charge >= 0.3 is 0 Å². The van der Waals surface area contributed by atoms with E-state index in [9.17, 15) is 9.90 Å². The molecule has 0 bridgehead atoms. The van der Waals surface area contributed by atoms with Crippen LogP contribution in [0.3, 0.4) is 0 Å². The van der Waals surface area contributed by atoms with Crippen LogP contribution >= 0.6 is 0 Å². The van der Waals surface area contributed by atoms with E-state index in [-0.39, 0.29) is 24.0 Å². The van der Waals surface area contributed by atoms with Crippen LogP contribution in [0.5, 0.6) is 0 Å². The maximum atomic E-state index is 13.8. The van der Waals surface area contributed by atoms with Crippen molar-refractivity contribution in [2.45, 2.75) is 84.0 Å². The van der Waals surface area contributed by atoms with E-state index in [1.54, 1.807) is 13.3 Å². The van der Waals surface area contributed by atoms with Gasteiger partial charge in [0.2, 0.25) is 0 Å². The van der Waals surface area contributed by atoms with Crippen LogP contribution in [0.1, 0.15) is 87.0 Å². The number of aliphatic hydroxyl groups is 1. The molecule has 1 aromatic heterocycles. The van der Waals surface area contributed by atoms with Crippen molar-refractivity contribution >= 4 is 17.9 Å². The van der Waals surface area contributed by atoms with Gasteiger partial charge in [-0.1, -0.05) is 26.0 Å². The predicted octanol–water partition coefficient (Wildman–Crippen LogP) is 4.10. The molecule has 33 heavy (non-hydrogen) atoms. The third-order valence-electron chi connectivity index (χ3n) is 7.00. The number of aliphatic imine (C=N–C) groups is 1. The molecule has 0 saturated carbocycles. The van der Waals surface area contributed by atoms with Crippen molar-refractivity contribution in [1.29, 1.82) is 0 Å². The Kier molecular flexibility index (Phi) is 6.47. The quantitative estimate of drug-likeness (QED) is 0.684. The first kappa shape index (κ1) is 23.3. The summed E-state index contributed by atoms with van der Waals surface area (Å²) in [4.78, 5) is 24.8. The molecule has 0 spiro atoms. The van der Waals surface area contributed by atoms with Crippen molar-refractivity contribution in [1.82, 2.24) is 15.3 Å². The summed E-state index contributed by atoms with van der Waals surface area (Å²) in [6, 6.07) is 7.79. The van der Waals surface area contributed by atoms with Gasteiger partial charge in [-0.2, -0.15) is 0 Å². The average Bonchev–Trinajstić information content (AvgIpc) is 3.45. The molecule has 3 heterocycles. The van der Waals surface area contributed by atoms with E-state index >= 15 is 0 Å². The van der Waals surface area contributed by atoms with E-state index < -0.39 is 5.60 Å². The zero-order valence-corrected chi connectivity index (χ0v) is 20.2. The molecule has 0 aliphatic carbocycles. The first-order chi connectivity index (χ1) is 15.8. The maximum Gasteiger partial charge on any atom is 0.256 e. The molecule has 2 N–H and O–H groups in total.